The highest BCUT2D eigenvalue weighted by Gasteiger charge is 2.27. The van der Waals surface area contributed by atoms with Gasteiger partial charge in [-0.2, -0.15) is 0 Å². The average molecular weight is 491 g/mol. The van der Waals surface area contributed by atoms with E-state index in [1.54, 1.807) is 35.2 Å². The Bertz CT molecular complexity index is 1250. The van der Waals surface area contributed by atoms with Gasteiger partial charge >= 0.3 is 0 Å². The minimum Gasteiger partial charge on any atom is -0.490 e. The normalized spacial score (nSPS) is 12.1. The first-order valence-corrected chi connectivity index (χ1v) is 12.1. The molecule has 1 N–H and O–H groups in total. The predicted molar refractivity (Wildman–Crippen MR) is 138 cm³/mol. The van der Waals surface area contributed by atoms with Gasteiger partial charge < -0.3 is 29.2 Å². The van der Waals surface area contributed by atoms with Gasteiger partial charge in [-0.1, -0.05) is 12.1 Å². The molecule has 1 aliphatic heterocycles. The highest BCUT2D eigenvalue weighted by Crippen LogP contribution is 2.41. The number of ether oxygens (including phenoxy) is 4. The van der Waals surface area contributed by atoms with Crippen molar-refractivity contribution in [2.45, 2.75) is 27.7 Å². The van der Waals surface area contributed by atoms with Crippen LogP contribution < -0.4 is 29.2 Å². The largest absolute Gasteiger partial charge is 0.490 e. The molecule has 8 heteroatoms. The molecule has 2 amide bonds. The van der Waals surface area contributed by atoms with Crippen molar-refractivity contribution in [1.82, 2.24) is 0 Å². The molecule has 0 spiro atoms. The lowest BCUT2D eigenvalue weighted by Crippen LogP contribution is -2.29. The summed E-state index contributed by atoms with van der Waals surface area (Å²) in [5, 5.41) is 2.88. The van der Waals surface area contributed by atoms with Gasteiger partial charge in [-0.25, -0.2) is 0 Å². The van der Waals surface area contributed by atoms with E-state index in [0.717, 1.165) is 0 Å². The fraction of sp³-hybridized carbons (Fsp3) is 0.286. The summed E-state index contributed by atoms with van der Waals surface area (Å²) >= 11 is 0. The van der Waals surface area contributed by atoms with E-state index < -0.39 is 0 Å². The third-order valence-corrected chi connectivity index (χ3v) is 5.58. The van der Waals surface area contributed by atoms with E-state index in [4.69, 9.17) is 18.9 Å². The SMILES string of the molecule is CCOc1cc(C(=O)Nc2ccc3c(c2)C(=O)N(CC)c2ccccc2O3)cc(OCC)c1OCC. The number of fused-ring (bicyclic) bond motifs is 2. The van der Waals surface area contributed by atoms with Crippen LogP contribution in [0.4, 0.5) is 11.4 Å². The number of carbonyl (C=O) groups is 2. The number of nitrogens with zero attached hydrogens (tertiary/aromatic N) is 1. The van der Waals surface area contributed by atoms with Gasteiger partial charge in [-0.05, 0) is 70.2 Å². The van der Waals surface area contributed by atoms with Crippen molar-refractivity contribution in [2.75, 3.05) is 36.6 Å². The van der Waals surface area contributed by atoms with Crippen molar-refractivity contribution in [3.63, 3.8) is 0 Å². The van der Waals surface area contributed by atoms with Crippen LogP contribution in [0.5, 0.6) is 28.7 Å². The minimum atomic E-state index is -0.377. The van der Waals surface area contributed by atoms with Crippen LogP contribution in [0.15, 0.2) is 54.6 Å². The summed E-state index contributed by atoms with van der Waals surface area (Å²) in [5.41, 5.74) is 1.86. The van der Waals surface area contributed by atoms with Crippen LogP contribution in [0.25, 0.3) is 0 Å². The van der Waals surface area contributed by atoms with Crippen LogP contribution in [0.3, 0.4) is 0 Å². The van der Waals surface area contributed by atoms with Gasteiger partial charge in [-0.3, -0.25) is 9.59 Å². The van der Waals surface area contributed by atoms with Crippen molar-refractivity contribution >= 4 is 23.2 Å². The van der Waals surface area contributed by atoms with Crippen LogP contribution in [0.2, 0.25) is 0 Å². The number of rotatable bonds is 9. The summed E-state index contributed by atoms with van der Waals surface area (Å²) in [4.78, 5) is 28.2. The lowest BCUT2D eigenvalue weighted by molar-refractivity contribution is 0.0985. The molecule has 8 nitrogen and oxygen atoms in total. The summed E-state index contributed by atoms with van der Waals surface area (Å²) in [7, 11) is 0. The minimum absolute atomic E-state index is 0.202. The molecule has 3 aromatic rings. The smallest absolute Gasteiger partial charge is 0.262 e. The number of amides is 2. The lowest BCUT2D eigenvalue weighted by atomic mass is 10.1. The Morgan fingerprint density at radius 3 is 2.17 bits per heavy atom. The number of benzene rings is 3. The Labute approximate surface area is 210 Å². The molecule has 0 radical (unpaired) electrons. The molecule has 4 rings (SSSR count). The number of carbonyl (C=O) groups excluding carboxylic acids is 2. The molecular formula is C28H30N2O6. The molecule has 0 atom stereocenters. The van der Waals surface area contributed by atoms with E-state index in [2.05, 4.69) is 5.32 Å². The first-order chi connectivity index (χ1) is 17.5. The molecule has 0 fully saturated rings. The fourth-order valence-electron chi connectivity index (χ4n) is 4.04. The molecule has 0 bridgehead atoms. The molecular weight excluding hydrogens is 460 g/mol. The van der Waals surface area contributed by atoms with Crippen LogP contribution in [0, 0.1) is 0 Å². The highest BCUT2D eigenvalue weighted by molar-refractivity contribution is 6.11. The zero-order chi connectivity index (χ0) is 25.7. The fourth-order valence-corrected chi connectivity index (χ4v) is 4.04. The third-order valence-electron chi connectivity index (χ3n) is 5.58. The molecule has 1 aliphatic rings. The molecule has 3 aromatic carbocycles. The Kier molecular flexibility index (Phi) is 7.63. The molecule has 0 aliphatic carbocycles. The average Bonchev–Trinajstić information content (AvgIpc) is 2.99. The van der Waals surface area contributed by atoms with Gasteiger partial charge in [0.25, 0.3) is 11.8 Å². The second-order valence-electron chi connectivity index (χ2n) is 7.88. The van der Waals surface area contributed by atoms with E-state index in [0.29, 0.717) is 77.6 Å². The van der Waals surface area contributed by atoms with Crippen molar-refractivity contribution < 1.29 is 28.5 Å². The highest BCUT2D eigenvalue weighted by atomic mass is 16.5. The lowest BCUT2D eigenvalue weighted by Gasteiger charge is -2.20. The van der Waals surface area contributed by atoms with Crippen molar-refractivity contribution in [2.24, 2.45) is 0 Å². The molecule has 1 heterocycles. The predicted octanol–water partition coefficient (Wildman–Crippen LogP) is 5.91. The Morgan fingerprint density at radius 2 is 1.53 bits per heavy atom. The number of hydrogen-bond acceptors (Lipinski definition) is 6. The Balaban J connectivity index is 1.66. The topological polar surface area (TPSA) is 86.3 Å². The molecule has 188 valence electrons. The van der Waals surface area contributed by atoms with Gasteiger partial charge in [0, 0.05) is 17.8 Å². The van der Waals surface area contributed by atoms with Gasteiger partial charge in [0.15, 0.2) is 17.2 Å². The van der Waals surface area contributed by atoms with Crippen LogP contribution in [0.1, 0.15) is 48.4 Å². The van der Waals surface area contributed by atoms with E-state index in [-0.39, 0.29) is 11.8 Å². The molecule has 0 aromatic heterocycles. The molecule has 0 saturated heterocycles. The Morgan fingerprint density at radius 1 is 0.861 bits per heavy atom. The summed E-state index contributed by atoms with van der Waals surface area (Å²) < 4.78 is 23.2. The third kappa shape index (κ3) is 4.93. The van der Waals surface area contributed by atoms with Gasteiger partial charge in [0.1, 0.15) is 5.75 Å². The molecule has 0 unspecified atom stereocenters. The van der Waals surface area contributed by atoms with Crippen LogP contribution >= 0.6 is 0 Å². The maximum absolute atomic E-state index is 13.4. The van der Waals surface area contributed by atoms with Crippen LogP contribution in [-0.2, 0) is 0 Å². The van der Waals surface area contributed by atoms with Crippen molar-refractivity contribution in [1.29, 1.82) is 0 Å². The second-order valence-corrected chi connectivity index (χ2v) is 7.88. The number of anilines is 2. The Hall–Kier alpha value is -4.20. The number of nitrogens with one attached hydrogen (secondary N) is 1. The standard InChI is InChI=1S/C28H30N2O6/c1-5-30-21-11-9-10-12-23(21)36-22-14-13-19(17-20(22)28(30)32)29-27(31)18-15-24(33-6-2)26(35-8-4)25(16-18)34-7-3/h9-17H,5-8H2,1-4H3,(H,29,31). The van der Waals surface area contributed by atoms with Gasteiger partial charge in [0.2, 0.25) is 5.75 Å². The van der Waals surface area contributed by atoms with Crippen molar-refractivity contribution in [3.8, 4) is 28.7 Å². The molecule has 36 heavy (non-hydrogen) atoms. The van der Waals surface area contributed by atoms with E-state index in [9.17, 15) is 9.59 Å². The van der Waals surface area contributed by atoms with E-state index in [1.165, 1.54) is 0 Å². The van der Waals surface area contributed by atoms with E-state index >= 15 is 0 Å². The summed E-state index contributed by atoms with van der Waals surface area (Å²) in [6.07, 6.45) is 0. The number of para-hydroxylation sites is 2. The summed E-state index contributed by atoms with van der Waals surface area (Å²) in [6, 6.07) is 15.7. The zero-order valence-electron chi connectivity index (χ0n) is 20.9. The maximum atomic E-state index is 13.4. The number of hydrogen-bond donors (Lipinski definition) is 1. The van der Waals surface area contributed by atoms with E-state index in [1.807, 2.05) is 52.0 Å². The first kappa shape index (κ1) is 24.9. The summed E-state index contributed by atoms with van der Waals surface area (Å²) in [5.74, 6) is 1.77. The van der Waals surface area contributed by atoms with Gasteiger partial charge in [0.05, 0.1) is 31.1 Å². The second kappa shape index (κ2) is 11.0. The maximum Gasteiger partial charge on any atom is 0.262 e. The molecule has 0 saturated carbocycles. The monoisotopic (exact) mass is 490 g/mol. The first-order valence-electron chi connectivity index (χ1n) is 12.1. The summed E-state index contributed by atoms with van der Waals surface area (Å²) in [6.45, 7) is 9.19. The van der Waals surface area contributed by atoms with Gasteiger partial charge in [-0.15, -0.1) is 0 Å². The van der Waals surface area contributed by atoms with Crippen LogP contribution in [-0.4, -0.2) is 38.2 Å². The van der Waals surface area contributed by atoms with Crippen molar-refractivity contribution in [3.05, 3.63) is 65.7 Å². The quantitative estimate of drug-likeness (QED) is 0.401. The zero-order valence-corrected chi connectivity index (χ0v) is 20.9.